The van der Waals surface area contributed by atoms with Crippen molar-refractivity contribution < 1.29 is 19.5 Å². The smallest absolute Gasteiger partial charge is 0.323 e. The van der Waals surface area contributed by atoms with Gasteiger partial charge in [-0.2, -0.15) is 0 Å². The van der Waals surface area contributed by atoms with Crippen molar-refractivity contribution in [1.29, 1.82) is 0 Å². The molecule has 148 valence electrons. The monoisotopic (exact) mass is 447 g/mol. The van der Waals surface area contributed by atoms with Crippen molar-refractivity contribution in [1.82, 2.24) is 5.32 Å². The number of hydrogen-bond acceptors (Lipinski definition) is 3. The molecule has 0 radical (unpaired) electrons. The van der Waals surface area contributed by atoms with Gasteiger partial charge in [0, 0.05) is 35.2 Å². The number of halogens is 1. The molecule has 0 spiro atoms. The highest BCUT2D eigenvalue weighted by atomic mass is 79.9. The minimum absolute atomic E-state index is 0.0283. The standard InChI is InChI=1S/C20H22BrN3O4/c21-15-8-10-16(11-9-15)23-20(28)24-17-5-2-1-4-14(17)7-12-18(25)22-13-3-6-19(26)27/h1-2,4-5,8-11H,3,6-7,12-13H2,(H,22,25)(H,26,27)(H2,23,24,28). The van der Waals surface area contributed by atoms with Crippen LogP contribution in [0.1, 0.15) is 24.8 Å². The Kier molecular flexibility index (Phi) is 8.48. The van der Waals surface area contributed by atoms with Crippen molar-refractivity contribution in [3.8, 4) is 0 Å². The lowest BCUT2D eigenvalue weighted by Crippen LogP contribution is -2.25. The van der Waals surface area contributed by atoms with Crippen LogP contribution in [0.15, 0.2) is 53.0 Å². The zero-order valence-electron chi connectivity index (χ0n) is 15.2. The number of carbonyl (C=O) groups excluding carboxylic acids is 2. The minimum atomic E-state index is -0.879. The van der Waals surface area contributed by atoms with Gasteiger partial charge in [-0.25, -0.2) is 4.79 Å². The molecule has 0 aliphatic heterocycles. The molecule has 7 nitrogen and oxygen atoms in total. The van der Waals surface area contributed by atoms with Crippen LogP contribution in [-0.4, -0.2) is 29.6 Å². The summed E-state index contributed by atoms with van der Waals surface area (Å²) in [7, 11) is 0. The van der Waals surface area contributed by atoms with Gasteiger partial charge >= 0.3 is 12.0 Å². The summed E-state index contributed by atoms with van der Waals surface area (Å²) in [4.78, 5) is 34.6. The number of carboxylic acid groups (broad SMARTS) is 1. The summed E-state index contributed by atoms with van der Waals surface area (Å²) >= 11 is 3.34. The molecule has 2 rings (SSSR count). The SMILES string of the molecule is O=C(O)CCCNC(=O)CCc1ccccc1NC(=O)Nc1ccc(Br)cc1. The number of carboxylic acids is 1. The van der Waals surface area contributed by atoms with E-state index < -0.39 is 5.97 Å². The maximum atomic E-state index is 12.2. The van der Waals surface area contributed by atoms with Gasteiger partial charge in [-0.3, -0.25) is 9.59 Å². The van der Waals surface area contributed by atoms with E-state index in [9.17, 15) is 14.4 Å². The van der Waals surface area contributed by atoms with E-state index in [2.05, 4.69) is 31.9 Å². The second-order valence-electron chi connectivity index (χ2n) is 6.09. The van der Waals surface area contributed by atoms with Crippen LogP contribution < -0.4 is 16.0 Å². The molecule has 0 saturated heterocycles. The summed E-state index contributed by atoms with van der Waals surface area (Å²) in [6.45, 7) is 0.334. The fourth-order valence-corrected chi connectivity index (χ4v) is 2.75. The molecule has 0 aliphatic rings. The third kappa shape index (κ3) is 7.79. The number of hydrogen-bond donors (Lipinski definition) is 4. The van der Waals surface area contributed by atoms with Crippen molar-refractivity contribution in [3.05, 3.63) is 58.6 Å². The van der Waals surface area contributed by atoms with Gasteiger partial charge in [-0.05, 0) is 48.7 Å². The van der Waals surface area contributed by atoms with E-state index in [-0.39, 0.29) is 24.8 Å². The summed E-state index contributed by atoms with van der Waals surface area (Å²) in [6, 6.07) is 14.1. The number of anilines is 2. The lowest BCUT2D eigenvalue weighted by Gasteiger charge is -2.12. The molecule has 0 saturated carbocycles. The van der Waals surface area contributed by atoms with Crippen LogP contribution in [0.2, 0.25) is 0 Å². The van der Waals surface area contributed by atoms with E-state index in [1.165, 1.54) is 0 Å². The molecular weight excluding hydrogens is 426 g/mol. The van der Waals surface area contributed by atoms with Gasteiger partial charge in [0.25, 0.3) is 0 Å². The van der Waals surface area contributed by atoms with Crippen LogP contribution in [0.25, 0.3) is 0 Å². The number of amides is 3. The zero-order chi connectivity index (χ0) is 20.4. The van der Waals surface area contributed by atoms with Gasteiger partial charge in [0.1, 0.15) is 0 Å². The molecule has 0 atom stereocenters. The molecule has 0 aromatic heterocycles. The van der Waals surface area contributed by atoms with Gasteiger partial charge in [0.15, 0.2) is 0 Å². The third-order valence-electron chi connectivity index (χ3n) is 3.88. The van der Waals surface area contributed by atoms with E-state index >= 15 is 0 Å². The molecule has 0 heterocycles. The number of carbonyl (C=O) groups is 3. The topological polar surface area (TPSA) is 108 Å². The molecule has 3 amide bonds. The number of aryl methyl sites for hydroxylation is 1. The lowest BCUT2D eigenvalue weighted by atomic mass is 10.1. The first-order valence-electron chi connectivity index (χ1n) is 8.84. The summed E-state index contributed by atoms with van der Waals surface area (Å²) < 4.78 is 0.921. The third-order valence-corrected chi connectivity index (χ3v) is 4.41. The number of aliphatic carboxylic acids is 1. The van der Waals surface area contributed by atoms with Crippen LogP contribution in [0.4, 0.5) is 16.2 Å². The van der Waals surface area contributed by atoms with Crippen LogP contribution in [0, 0.1) is 0 Å². The van der Waals surface area contributed by atoms with Gasteiger partial charge in [0.2, 0.25) is 5.91 Å². The maximum Gasteiger partial charge on any atom is 0.323 e. The molecule has 28 heavy (non-hydrogen) atoms. The average molecular weight is 448 g/mol. The number of urea groups is 1. The van der Waals surface area contributed by atoms with Gasteiger partial charge < -0.3 is 21.1 Å². The number of para-hydroxylation sites is 1. The van der Waals surface area contributed by atoms with E-state index in [0.29, 0.717) is 30.8 Å². The highest BCUT2D eigenvalue weighted by molar-refractivity contribution is 9.10. The highest BCUT2D eigenvalue weighted by Crippen LogP contribution is 2.18. The molecule has 2 aromatic carbocycles. The highest BCUT2D eigenvalue weighted by Gasteiger charge is 2.09. The van der Waals surface area contributed by atoms with E-state index in [0.717, 1.165) is 10.0 Å². The molecule has 2 aromatic rings. The van der Waals surface area contributed by atoms with Crippen LogP contribution in [0.3, 0.4) is 0 Å². The Morgan fingerprint density at radius 3 is 2.36 bits per heavy atom. The summed E-state index contributed by atoms with van der Waals surface area (Å²) in [5.41, 5.74) is 2.14. The van der Waals surface area contributed by atoms with E-state index in [1.54, 1.807) is 18.2 Å². The Bertz CT molecular complexity index is 824. The minimum Gasteiger partial charge on any atom is -0.481 e. The largest absolute Gasteiger partial charge is 0.481 e. The predicted octanol–water partition coefficient (Wildman–Crippen LogP) is 4.01. The predicted molar refractivity (Wildman–Crippen MR) is 111 cm³/mol. The molecule has 0 bridgehead atoms. The maximum absolute atomic E-state index is 12.2. The number of rotatable bonds is 9. The Labute approximate surface area is 171 Å². The fraction of sp³-hybridized carbons (Fsp3) is 0.250. The molecule has 0 aliphatic carbocycles. The zero-order valence-corrected chi connectivity index (χ0v) is 16.8. The molecule has 8 heteroatoms. The lowest BCUT2D eigenvalue weighted by molar-refractivity contribution is -0.137. The number of nitrogens with one attached hydrogen (secondary N) is 3. The first-order chi connectivity index (χ1) is 13.4. The first-order valence-corrected chi connectivity index (χ1v) is 9.63. The molecular formula is C20H22BrN3O4. The van der Waals surface area contributed by atoms with Gasteiger partial charge in [-0.15, -0.1) is 0 Å². The number of benzene rings is 2. The summed E-state index contributed by atoms with van der Waals surface area (Å²) in [5.74, 6) is -1.03. The quantitative estimate of drug-likeness (QED) is 0.435. The van der Waals surface area contributed by atoms with Gasteiger partial charge in [-0.1, -0.05) is 34.1 Å². The van der Waals surface area contributed by atoms with Crippen LogP contribution >= 0.6 is 15.9 Å². The Hall–Kier alpha value is -2.87. The normalized spacial score (nSPS) is 10.2. The fourth-order valence-electron chi connectivity index (χ4n) is 2.48. The van der Waals surface area contributed by atoms with E-state index in [1.807, 2.05) is 30.3 Å². The Morgan fingerprint density at radius 2 is 1.64 bits per heavy atom. The van der Waals surface area contributed by atoms with Crippen molar-refractivity contribution in [2.75, 3.05) is 17.2 Å². The van der Waals surface area contributed by atoms with Crippen LogP contribution in [0.5, 0.6) is 0 Å². The van der Waals surface area contributed by atoms with Gasteiger partial charge in [0.05, 0.1) is 0 Å². The molecule has 0 fully saturated rings. The van der Waals surface area contributed by atoms with Crippen molar-refractivity contribution in [3.63, 3.8) is 0 Å². The van der Waals surface area contributed by atoms with Crippen molar-refractivity contribution in [2.24, 2.45) is 0 Å². The summed E-state index contributed by atoms with van der Waals surface area (Å²) in [5, 5.41) is 16.8. The van der Waals surface area contributed by atoms with E-state index in [4.69, 9.17) is 5.11 Å². The second-order valence-corrected chi connectivity index (χ2v) is 7.01. The first kappa shape index (κ1) is 21.4. The van der Waals surface area contributed by atoms with Crippen molar-refractivity contribution >= 4 is 45.2 Å². The average Bonchev–Trinajstić information content (AvgIpc) is 2.66. The van der Waals surface area contributed by atoms with Crippen molar-refractivity contribution in [2.45, 2.75) is 25.7 Å². The summed E-state index contributed by atoms with van der Waals surface area (Å²) in [6.07, 6.45) is 1.13. The second kappa shape index (κ2) is 11.1. The molecule has 4 N–H and O–H groups in total. The Morgan fingerprint density at radius 1 is 0.929 bits per heavy atom. The van der Waals surface area contributed by atoms with Crippen LogP contribution in [-0.2, 0) is 16.0 Å². The Balaban J connectivity index is 1.84. The molecule has 0 unspecified atom stereocenters.